The molecule has 25 heavy (non-hydrogen) atoms. The van der Waals surface area contributed by atoms with Gasteiger partial charge in [0, 0.05) is 5.92 Å². The number of fused-ring (bicyclic) bond motifs is 5. The zero-order valence-electron chi connectivity index (χ0n) is 15.8. The summed E-state index contributed by atoms with van der Waals surface area (Å²) in [5.41, 5.74) is -0.0245. The fraction of sp³-hybridized carbons (Fsp3) is 0.952. The summed E-state index contributed by atoms with van der Waals surface area (Å²) in [6, 6.07) is 0. The molecule has 0 amide bonds. The number of aliphatic hydroxyl groups is 3. The molecule has 3 N–H and O–H groups in total. The monoisotopic (exact) mass is 350 g/mol. The van der Waals surface area contributed by atoms with Gasteiger partial charge in [-0.25, -0.2) is 0 Å². The highest BCUT2D eigenvalue weighted by molar-refractivity contribution is 5.79. The number of aliphatic hydroxyl groups excluding tert-OH is 3. The molecule has 4 saturated carbocycles. The van der Waals surface area contributed by atoms with Crippen LogP contribution in [-0.4, -0.2) is 39.4 Å². The molecule has 0 unspecified atom stereocenters. The lowest BCUT2D eigenvalue weighted by atomic mass is 9.43. The van der Waals surface area contributed by atoms with Gasteiger partial charge in [-0.05, 0) is 86.4 Å². The maximum Gasteiger partial charge on any atom is 0.133 e. The molecule has 0 bridgehead atoms. The molecule has 0 radical (unpaired) electrons. The molecule has 0 aromatic rings. The summed E-state index contributed by atoms with van der Waals surface area (Å²) in [5, 5.41) is 32.1. The zero-order valence-corrected chi connectivity index (χ0v) is 15.8. The van der Waals surface area contributed by atoms with Crippen molar-refractivity contribution in [1.29, 1.82) is 0 Å². The highest BCUT2D eigenvalue weighted by Crippen LogP contribution is 2.67. The SMILES string of the molecule is CC(=O)[C@H]1C[C@@H](O)[C@@H]2[C@H]3[C@@H](CC[C@@]21C)[C@@]1(C)CC[C@@H](O)C[C@H]1C[C@@H]3O. The smallest absolute Gasteiger partial charge is 0.133 e. The predicted octanol–water partition coefficient (Wildman–Crippen LogP) is 2.54. The second-order valence-electron chi connectivity index (χ2n) is 10.2. The Balaban J connectivity index is 1.70. The van der Waals surface area contributed by atoms with Crippen molar-refractivity contribution in [3.05, 3.63) is 0 Å². The zero-order chi connectivity index (χ0) is 18.1. The fourth-order valence-corrected chi connectivity index (χ4v) is 7.88. The lowest BCUT2D eigenvalue weighted by molar-refractivity contribution is -0.184. The van der Waals surface area contributed by atoms with Gasteiger partial charge in [0.05, 0.1) is 18.3 Å². The van der Waals surface area contributed by atoms with Crippen LogP contribution in [0, 0.1) is 40.4 Å². The van der Waals surface area contributed by atoms with Crippen LogP contribution in [0.25, 0.3) is 0 Å². The summed E-state index contributed by atoms with van der Waals surface area (Å²) in [5.74, 6) is 1.01. The number of carbonyl (C=O) groups excluding carboxylic acids is 1. The minimum Gasteiger partial charge on any atom is -0.393 e. The molecule has 4 nitrogen and oxygen atoms in total. The molecule has 0 aromatic heterocycles. The average Bonchev–Trinajstić information content (AvgIpc) is 2.81. The average molecular weight is 350 g/mol. The number of Topliss-reactive ketones (excluding diaryl/α,β-unsaturated/α-hetero) is 1. The van der Waals surface area contributed by atoms with Crippen LogP contribution < -0.4 is 0 Å². The van der Waals surface area contributed by atoms with Crippen molar-refractivity contribution in [3.8, 4) is 0 Å². The minimum absolute atomic E-state index is 0.0276. The van der Waals surface area contributed by atoms with E-state index in [1.165, 1.54) is 0 Å². The third-order valence-electron chi connectivity index (χ3n) is 9.14. The minimum atomic E-state index is -0.476. The molecule has 4 rings (SSSR count). The molecule has 142 valence electrons. The van der Waals surface area contributed by atoms with Gasteiger partial charge in [0.15, 0.2) is 0 Å². The van der Waals surface area contributed by atoms with Gasteiger partial charge >= 0.3 is 0 Å². The van der Waals surface area contributed by atoms with Crippen molar-refractivity contribution >= 4 is 5.78 Å². The van der Waals surface area contributed by atoms with Gasteiger partial charge < -0.3 is 15.3 Å². The Morgan fingerprint density at radius 2 is 1.60 bits per heavy atom. The van der Waals surface area contributed by atoms with Gasteiger partial charge in [-0.3, -0.25) is 4.79 Å². The Kier molecular flexibility index (Phi) is 4.14. The van der Waals surface area contributed by atoms with Crippen LogP contribution in [0.2, 0.25) is 0 Å². The highest BCUT2D eigenvalue weighted by atomic mass is 16.3. The summed E-state index contributed by atoms with van der Waals surface area (Å²) in [6.45, 7) is 6.20. The number of carbonyl (C=O) groups is 1. The van der Waals surface area contributed by atoms with Crippen molar-refractivity contribution in [2.45, 2.75) is 84.0 Å². The van der Waals surface area contributed by atoms with Crippen molar-refractivity contribution < 1.29 is 20.1 Å². The van der Waals surface area contributed by atoms with E-state index in [4.69, 9.17) is 0 Å². The summed E-state index contributed by atoms with van der Waals surface area (Å²) < 4.78 is 0. The van der Waals surface area contributed by atoms with E-state index in [0.717, 1.165) is 38.5 Å². The van der Waals surface area contributed by atoms with Gasteiger partial charge in [-0.2, -0.15) is 0 Å². The molecule has 0 heterocycles. The molecule has 0 spiro atoms. The second-order valence-corrected chi connectivity index (χ2v) is 10.2. The quantitative estimate of drug-likeness (QED) is 0.679. The molecule has 0 aromatic carbocycles. The Labute approximate surface area is 151 Å². The number of rotatable bonds is 1. The Bertz CT molecular complexity index is 562. The lowest BCUT2D eigenvalue weighted by Crippen LogP contribution is -2.60. The van der Waals surface area contributed by atoms with Crippen molar-refractivity contribution in [1.82, 2.24) is 0 Å². The predicted molar refractivity (Wildman–Crippen MR) is 94.7 cm³/mol. The topological polar surface area (TPSA) is 77.8 Å². The summed E-state index contributed by atoms with van der Waals surface area (Å²) >= 11 is 0. The van der Waals surface area contributed by atoms with E-state index in [9.17, 15) is 20.1 Å². The standard InChI is InChI=1S/C21H34O4/c1-11(22)15-10-17(25)19-18-14(5-7-21(15,19)3)20(2)6-4-13(23)8-12(20)9-16(18)24/h12-19,23-25H,4-10H2,1-3H3/t12-,13+,14+,15+,16-,17+,18-,19+,20-,21+/m0/s1. The van der Waals surface area contributed by atoms with Gasteiger partial charge in [-0.1, -0.05) is 13.8 Å². The van der Waals surface area contributed by atoms with E-state index in [0.29, 0.717) is 18.3 Å². The molecular weight excluding hydrogens is 316 g/mol. The van der Waals surface area contributed by atoms with Gasteiger partial charge in [0.2, 0.25) is 0 Å². The van der Waals surface area contributed by atoms with E-state index >= 15 is 0 Å². The maximum absolute atomic E-state index is 12.2. The third kappa shape index (κ3) is 2.40. The van der Waals surface area contributed by atoms with Crippen LogP contribution in [0.3, 0.4) is 0 Å². The number of ketones is 1. The third-order valence-corrected chi connectivity index (χ3v) is 9.14. The molecule has 10 atom stereocenters. The number of hydrogen-bond donors (Lipinski definition) is 3. The summed E-state index contributed by atoms with van der Waals surface area (Å²) in [7, 11) is 0. The second kappa shape index (κ2) is 5.77. The van der Waals surface area contributed by atoms with Crippen LogP contribution in [0.1, 0.15) is 65.7 Å². The largest absolute Gasteiger partial charge is 0.393 e. The van der Waals surface area contributed by atoms with Gasteiger partial charge in [0.1, 0.15) is 5.78 Å². The van der Waals surface area contributed by atoms with Crippen LogP contribution >= 0.6 is 0 Å². The van der Waals surface area contributed by atoms with E-state index in [-0.39, 0.29) is 40.5 Å². The highest BCUT2D eigenvalue weighted by Gasteiger charge is 2.65. The normalized spacial score (nSPS) is 58.2. The molecule has 4 heteroatoms. The Morgan fingerprint density at radius 3 is 2.28 bits per heavy atom. The van der Waals surface area contributed by atoms with Crippen LogP contribution in [0.5, 0.6) is 0 Å². The molecule has 4 fully saturated rings. The molecule has 0 saturated heterocycles. The van der Waals surface area contributed by atoms with Crippen LogP contribution in [-0.2, 0) is 4.79 Å². The summed E-state index contributed by atoms with van der Waals surface area (Å²) in [4.78, 5) is 12.2. The van der Waals surface area contributed by atoms with Gasteiger partial charge in [0.25, 0.3) is 0 Å². The first-order valence-electron chi connectivity index (χ1n) is 10.2. The van der Waals surface area contributed by atoms with E-state index < -0.39 is 12.2 Å². The van der Waals surface area contributed by atoms with E-state index in [1.54, 1.807) is 6.92 Å². The van der Waals surface area contributed by atoms with E-state index in [2.05, 4.69) is 13.8 Å². The summed E-state index contributed by atoms with van der Waals surface area (Å²) in [6.07, 6.45) is 4.85. The first-order valence-corrected chi connectivity index (χ1v) is 10.2. The van der Waals surface area contributed by atoms with Crippen molar-refractivity contribution in [2.24, 2.45) is 40.4 Å². The maximum atomic E-state index is 12.2. The van der Waals surface area contributed by atoms with Crippen LogP contribution in [0.4, 0.5) is 0 Å². The Hall–Kier alpha value is -0.450. The first-order chi connectivity index (χ1) is 11.7. The molecule has 0 aliphatic heterocycles. The lowest BCUT2D eigenvalue weighted by Gasteiger charge is -2.62. The van der Waals surface area contributed by atoms with E-state index in [1.807, 2.05) is 0 Å². The van der Waals surface area contributed by atoms with Gasteiger partial charge in [-0.15, -0.1) is 0 Å². The molecule has 4 aliphatic rings. The van der Waals surface area contributed by atoms with Crippen LogP contribution in [0.15, 0.2) is 0 Å². The fourth-order valence-electron chi connectivity index (χ4n) is 7.88. The number of hydrogen-bond acceptors (Lipinski definition) is 4. The van der Waals surface area contributed by atoms with Crippen molar-refractivity contribution in [3.63, 3.8) is 0 Å². The first kappa shape index (κ1) is 17.9. The Morgan fingerprint density at radius 1 is 0.920 bits per heavy atom. The molecular formula is C21H34O4. The molecule has 4 aliphatic carbocycles. The van der Waals surface area contributed by atoms with Crippen molar-refractivity contribution in [2.75, 3.05) is 0 Å².